The molecule has 2 rings (SSSR count). The van der Waals surface area contributed by atoms with Crippen molar-refractivity contribution in [2.24, 2.45) is 10.9 Å². The van der Waals surface area contributed by atoms with Crippen molar-refractivity contribution in [3.05, 3.63) is 28.8 Å². The third kappa shape index (κ3) is 2.75. The van der Waals surface area contributed by atoms with Gasteiger partial charge in [0.1, 0.15) is 10.0 Å². The van der Waals surface area contributed by atoms with Crippen LogP contribution in [0.5, 0.6) is 0 Å². The summed E-state index contributed by atoms with van der Waals surface area (Å²) in [6.07, 6.45) is 2.03. The van der Waals surface area contributed by atoms with E-state index >= 15 is 0 Å². The Kier molecular flexibility index (Phi) is 3.95. The van der Waals surface area contributed by atoms with E-state index < -0.39 is 10.0 Å². The van der Waals surface area contributed by atoms with E-state index in [0.29, 0.717) is 0 Å². The van der Waals surface area contributed by atoms with E-state index in [1.807, 2.05) is 6.92 Å². The van der Waals surface area contributed by atoms with E-state index in [1.165, 1.54) is 23.6 Å². The fourth-order valence-electron chi connectivity index (χ4n) is 1.49. The molecule has 2 heterocycles. The molecule has 0 amide bonds. The third-order valence-electron chi connectivity index (χ3n) is 2.51. The molecule has 5 N–H and O–H groups in total. The van der Waals surface area contributed by atoms with Gasteiger partial charge in [-0.05, 0) is 18.6 Å². The highest BCUT2D eigenvalue weighted by Gasteiger charge is 2.20. The highest BCUT2D eigenvalue weighted by atomic mass is 32.2. The van der Waals surface area contributed by atoms with E-state index in [-0.39, 0.29) is 21.4 Å². The first kappa shape index (κ1) is 14.3. The first-order valence-electron chi connectivity index (χ1n) is 5.60. The molecule has 108 valence electrons. The SMILES string of the molecule is CCc1ccc(S(=O)(=O)Nc2[nH]ncc2C(N)=NO)s1. The highest BCUT2D eigenvalue weighted by molar-refractivity contribution is 7.94. The minimum absolute atomic E-state index is 0.0479. The van der Waals surface area contributed by atoms with Gasteiger partial charge in [-0.25, -0.2) is 8.42 Å². The summed E-state index contributed by atoms with van der Waals surface area (Å²) in [7, 11) is -3.73. The Labute approximate surface area is 119 Å². The molecule has 2 aromatic rings. The van der Waals surface area contributed by atoms with Gasteiger partial charge in [-0.1, -0.05) is 12.1 Å². The molecule has 0 saturated carbocycles. The molecule has 0 aliphatic carbocycles. The molecule has 0 radical (unpaired) electrons. The first-order chi connectivity index (χ1) is 9.47. The van der Waals surface area contributed by atoms with E-state index in [1.54, 1.807) is 6.07 Å². The number of aryl methyl sites for hydroxylation is 1. The van der Waals surface area contributed by atoms with E-state index in [4.69, 9.17) is 10.9 Å². The number of nitrogens with two attached hydrogens (primary N) is 1. The number of H-pyrrole nitrogens is 1. The number of aromatic amines is 1. The lowest BCUT2D eigenvalue weighted by Gasteiger charge is -2.05. The molecule has 0 saturated heterocycles. The summed E-state index contributed by atoms with van der Waals surface area (Å²) in [5.41, 5.74) is 5.60. The molecule has 0 aliphatic rings. The Morgan fingerprint density at radius 3 is 2.95 bits per heavy atom. The predicted octanol–water partition coefficient (Wildman–Crippen LogP) is 0.929. The number of oxime groups is 1. The fraction of sp³-hybridized carbons (Fsp3) is 0.200. The van der Waals surface area contributed by atoms with Crippen molar-refractivity contribution in [2.45, 2.75) is 17.6 Å². The summed E-state index contributed by atoms with van der Waals surface area (Å²) >= 11 is 1.19. The number of amidine groups is 1. The van der Waals surface area contributed by atoms with Crippen LogP contribution in [-0.2, 0) is 16.4 Å². The topological polar surface area (TPSA) is 133 Å². The molecule has 0 atom stereocenters. The van der Waals surface area contributed by atoms with Gasteiger partial charge in [0.05, 0.1) is 11.8 Å². The lowest BCUT2D eigenvalue weighted by molar-refractivity contribution is 0.318. The van der Waals surface area contributed by atoms with Crippen molar-refractivity contribution >= 4 is 33.0 Å². The van der Waals surface area contributed by atoms with Crippen molar-refractivity contribution < 1.29 is 13.6 Å². The standard InChI is InChI=1S/C10H13N5O3S2/c1-2-6-3-4-8(19-6)20(17,18)15-10-7(5-12-13-10)9(11)14-16/h3-5,16H,2H2,1H3,(H2,11,14)(H2,12,13,15). The maximum atomic E-state index is 12.2. The third-order valence-corrected chi connectivity index (χ3v) is 5.58. The maximum absolute atomic E-state index is 12.2. The zero-order chi connectivity index (χ0) is 14.8. The summed E-state index contributed by atoms with van der Waals surface area (Å²) in [6.45, 7) is 1.95. The van der Waals surface area contributed by atoms with Crippen molar-refractivity contribution in [3.8, 4) is 0 Å². The summed E-state index contributed by atoms with van der Waals surface area (Å²) < 4.78 is 26.9. The minimum atomic E-state index is -3.73. The van der Waals surface area contributed by atoms with Gasteiger partial charge < -0.3 is 10.9 Å². The Bertz CT molecular complexity index is 732. The Morgan fingerprint density at radius 1 is 1.60 bits per heavy atom. The van der Waals surface area contributed by atoms with Crippen molar-refractivity contribution in [1.29, 1.82) is 0 Å². The largest absolute Gasteiger partial charge is 0.409 e. The van der Waals surface area contributed by atoms with Crippen LogP contribution in [0.15, 0.2) is 27.7 Å². The Morgan fingerprint density at radius 2 is 2.35 bits per heavy atom. The molecule has 0 fully saturated rings. The van der Waals surface area contributed by atoms with Gasteiger partial charge in [0.2, 0.25) is 0 Å². The molecule has 0 unspecified atom stereocenters. The number of nitrogens with zero attached hydrogens (tertiary/aromatic N) is 2. The second kappa shape index (κ2) is 5.51. The van der Waals surface area contributed by atoms with Crippen molar-refractivity contribution in [2.75, 3.05) is 4.72 Å². The lowest BCUT2D eigenvalue weighted by Crippen LogP contribution is -2.18. The van der Waals surface area contributed by atoms with Gasteiger partial charge in [-0.2, -0.15) is 5.10 Å². The summed E-state index contributed by atoms with van der Waals surface area (Å²) in [5.74, 6) is -0.191. The second-order valence-electron chi connectivity index (χ2n) is 3.82. The number of anilines is 1. The Balaban J connectivity index is 2.31. The van der Waals surface area contributed by atoms with Crippen LogP contribution in [0.4, 0.5) is 5.82 Å². The second-order valence-corrected chi connectivity index (χ2v) is 6.90. The number of sulfonamides is 1. The number of nitrogens with one attached hydrogen (secondary N) is 2. The van der Waals surface area contributed by atoms with Crippen LogP contribution < -0.4 is 10.5 Å². The molecule has 0 bridgehead atoms. The smallest absolute Gasteiger partial charge is 0.272 e. The van der Waals surface area contributed by atoms with E-state index in [9.17, 15) is 8.42 Å². The number of hydrogen-bond acceptors (Lipinski definition) is 6. The molecule has 0 aromatic carbocycles. The summed E-state index contributed by atoms with van der Waals surface area (Å²) in [6, 6.07) is 3.29. The number of rotatable bonds is 5. The van der Waals surface area contributed by atoms with Crippen LogP contribution in [0.2, 0.25) is 0 Å². The maximum Gasteiger partial charge on any atom is 0.272 e. The summed E-state index contributed by atoms with van der Waals surface area (Å²) in [4.78, 5) is 0.964. The van der Waals surface area contributed by atoms with Gasteiger partial charge in [-0.3, -0.25) is 9.82 Å². The lowest BCUT2D eigenvalue weighted by atomic mass is 10.3. The number of hydrogen-bond donors (Lipinski definition) is 4. The summed E-state index contributed by atoms with van der Waals surface area (Å²) in [5, 5.41) is 17.6. The Hall–Kier alpha value is -2.07. The molecule has 0 aliphatic heterocycles. The van der Waals surface area contributed by atoms with E-state index in [2.05, 4.69) is 20.1 Å². The normalized spacial score (nSPS) is 12.6. The first-order valence-corrected chi connectivity index (χ1v) is 7.90. The van der Waals surface area contributed by atoms with Crippen LogP contribution in [0, 0.1) is 0 Å². The zero-order valence-corrected chi connectivity index (χ0v) is 12.1. The number of thiophene rings is 1. The van der Waals surface area contributed by atoms with Crippen LogP contribution in [-0.4, -0.2) is 29.7 Å². The van der Waals surface area contributed by atoms with Gasteiger partial charge >= 0.3 is 0 Å². The number of aromatic nitrogens is 2. The van der Waals surface area contributed by atoms with Crippen LogP contribution in [0.1, 0.15) is 17.4 Å². The monoisotopic (exact) mass is 315 g/mol. The van der Waals surface area contributed by atoms with Gasteiger partial charge in [0, 0.05) is 4.88 Å². The van der Waals surface area contributed by atoms with Gasteiger partial charge in [0.25, 0.3) is 10.0 Å². The zero-order valence-electron chi connectivity index (χ0n) is 10.5. The average Bonchev–Trinajstić information content (AvgIpc) is 3.06. The molecule has 8 nitrogen and oxygen atoms in total. The van der Waals surface area contributed by atoms with Gasteiger partial charge in [0.15, 0.2) is 5.84 Å². The molecule has 20 heavy (non-hydrogen) atoms. The van der Waals surface area contributed by atoms with Crippen molar-refractivity contribution in [3.63, 3.8) is 0 Å². The molecule has 10 heteroatoms. The molecular weight excluding hydrogens is 302 g/mol. The average molecular weight is 315 g/mol. The van der Waals surface area contributed by atoms with E-state index in [0.717, 1.165) is 11.3 Å². The van der Waals surface area contributed by atoms with Crippen LogP contribution in [0.3, 0.4) is 0 Å². The van der Waals surface area contributed by atoms with Gasteiger partial charge in [-0.15, -0.1) is 11.3 Å². The fourth-order valence-corrected chi connectivity index (χ4v) is 3.82. The van der Waals surface area contributed by atoms with Crippen LogP contribution in [0.25, 0.3) is 0 Å². The predicted molar refractivity (Wildman–Crippen MR) is 75.6 cm³/mol. The van der Waals surface area contributed by atoms with Crippen LogP contribution >= 0.6 is 11.3 Å². The molecule has 0 spiro atoms. The quantitative estimate of drug-likeness (QED) is 0.282. The molecule has 2 aromatic heterocycles. The molecular formula is C10H13N5O3S2. The highest BCUT2D eigenvalue weighted by Crippen LogP contribution is 2.24. The minimum Gasteiger partial charge on any atom is -0.409 e. The van der Waals surface area contributed by atoms with Crippen molar-refractivity contribution in [1.82, 2.24) is 10.2 Å².